The lowest BCUT2D eigenvalue weighted by atomic mass is 10.3. The number of ether oxygens (including phenoxy) is 1. The van der Waals surface area contributed by atoms with E-state index in [4.69, 9.17) is 10.5 Å². The van der Waals surface area contributed by atoms with Crippen molar-refractivity contribution in [3.8, 4) is 11.5 Å². The number of phenolic OH excluding ortho intramolecular Hbond substituents is 1. The van der Waals surface area contributed by atoms with Crippen molar-refractivity contribution in [2.45, 2.75) is 4.90 Å². The van der Waals surface area contributed by atoms with Gasteiger partial charge in [-0.15, -0.1) is 0 Å². The second-order valence-corrected chi connectivity index (χ2v) is 5.59. The van der Waals surface area contributed by atoms with Crippen LogP contribution in [0.5, 0.6) is 11.5 Å². The van der Waals surface area contributed by atoms with Crippen LogP contribution in [-0.4, -0.2) is 20.3 Å². The van der Waals surface area contributed by atoms with Gasteiger partial charge in [0, 0.05) is 6.07 Å². The number of rotatable bonds is 5. The molecule has 0 spiro atoms. The number of nitrogens with one attached hydrogen (secondary N) is 1. The third-order valence-corrected chi connectivity index (χ3v) is 3.90. The maximum atomic E-state index is 12.1. The highest BCUT2D eigenvalue weighted by atomic mass is 32.2. The van der Waals surface area contributed by atoms with Crippen LogP contribution in [0.4, 0.5) is 5.69 Å². The molecular weight excluding hydrogens is 280 g/mol. The van der Waals surface area contributed by atoms with Gasteiger partial charge in [-0.2, -0.15) is 0 Å². The lowest BCUT2D eigenvalue weighted by Crippen LogP contribution is -2.13. The molecule has 0 saturated heterocycles. The van der Waals surface area contributed by atoms with Crippen molar-refractivity contribution in [2.75, 3.05) is 11.5 Å². The minimum Gasteiger partial charge on any atom is -0.506 e. The predicted molar refractivity (Wildman–Crippen MR) is 75.0 cm³/mol. The molecule has 20 heavy (non-hydrogen) atoms. The van der Waals surface area contributed by atoms with Crippen LogP contribution in [0, 0.1) is 0 Å². The fourth-order valence-corrected chi connectivity index (χ4v) is 2.68. The molecule has 0 amide bonds. The van der Waals surface area contributed by atoms with Crippen LogP contribution in [0.15, 0.2) is 53.4 Å². The average Bonchev–Trinajstić information content (AvgIpc) is 2.43. The Labute approximate surface area is 116 Å². The van der Waals surface area contributed by atoms with Crippen LogP contribution >= 0.6 is 0 Å². The molecule has 0 aliphatic heterocycles. The van der Waals surface area contributed by atoms with Gasteiger partial charge < -0.3 is 9.84 Å². The largest absolute Gasteiger partial charge is 0.506 e. The molecule has 2 rings (SSSR count). The average molecular weight is 294 g/mol. The molecule has 0 radical (unpaired) electrons. The quantitative estimate of drug-likeness (QED) is 0.573. The monoisotopic (exact) mass is 294 g/mol. The summed E-state index contributed by atoms with van der Waals surface area (Å²) in [6, 6.07) is 12.1. The standard InChI is InChI=1S/C13H14N2O4S/c14-9-19-10-6-7-12(13(16)8-10)15-20(17,18)11-4-2-1-3-5-11/h1-8,15-16H,9,14H2. The van der Waals surface area contributed by atoms with E-state index < -0.39 is 10.0 Å². The Balaban J connectivity index is 2.26. The van der Waals surface area contributed by atoms with E-state index >= 15 is 0 Å². The summed E-state index contributed by atoms with van der Waals surface area (Å²) in [5.74, 6) is 0.114. The molecule has 0 bridgehead atoms. The molecule has 7 heteroatoms. The minimum absolute atomic E-state index is 0.0332. The topological polar surface area (TPSA) is 102 Å². The molecule has 0 unspecified atom stereocenters. The Morgan fingerprint density at radius 2 is 1.85 bits per heavy atom. The lowest BCUT2D eigenvalue weighted by Gasteiger charge is -2.11. The summed E-state index contributed by atoms with van der Waals surface area (Å²) in [5, 5.41) is 9.78. The van der Waals surface area contributed by atoms with Gasteiger partial charge in [-0.1, -0.05) is 18.2 Å². The molecule has 4 N–H and O–H groups in total. The van der Waals surface area contributed by atoms with Crippen LogP contribution in [0.3, 0.4) is 0 Å². The van der Waals surface area contributed by atoms with Crippen molar-refractivity contribution in [1.29, 1.82) is 0 Å². The van der Waals surface area contributed by atoms with Gasteiger partial charge in [0.05, 0.1) is 10.6 Å². The molecule has 6 nitrogen and oxygen atoms in total. The number of anilines is 1. The third-order valence-electron chi connectivity index (χ3n) is 2.52. The highest BCUT2D eigenvalue weighted by Crippen LogP contribution is 2.29. The first kappa shape index (κ1) is 14.2. The SMILES string of the molecule is NCOc1ccc(NS(=O)(=O)c2ccccc2)c(O)c1. The van der Waals surface area contributed by atoms with E-state index in [2.05, 4.69) is 4.72 Å². The van der Waals surface area contributed by atoms with Crippen molar-refractivity contribution in [3.05, 3.63) is 48.5 Å². The molecule has 2 aromatic rings. The first-order chi connectivity index (χ1) is 9.53. The summed E-state index contributed by atoms with van der Waals surface area (Å²) < 4.78 is 31.5. The van der Waals surface area contributed by atoms with Crippen molar-refractivity contribution >= 4 is 15.7 Å². The molecule has 0 aliphatic carbocycles. The van der Waals surface area contributed by atoms with Crippen LogP contribution < -0.4 is 15.2 Å². The van der Waals surface area contributed by atoms with E-state index in [0.717, 1.165) is 0 Å². The van der Waals surface area contributed by atoms with Crippen molar-refractivity contribution < 1.29 is 18.3 Å². The zero-order valence-corrected chi connectivity index (χ0v) is 11.3. The van der Waals surface area contributed by atoms with E-state index in [1.54, 1.807) is 18.2 Å². The van der Waals surface area contributed by atoms with Crippen molar-refractivity contribution in [3.63, 3.8) is 0 Å². The smallest absolute Gasteiger partial charge is 0.262 e. The predicted octanol–water partition coefficient (Wildman–Crippen LogP) is 1.49. The summed E-state index contributed by atoms with van der Waals surface area (Å²) >= 11 is 0. The lowest BCUT2D eigenvalue weighted by molar-refractivity contribution is 0.327. The minimum atomic E-state index is -3.74. The summed E-state index contributed by atoms with van der Waals surface area (Å²) in [7, 11) is -3.74. The van der Waals surface area contributed by atoms with Crippen LogP contribution in [-0.2, 0) is 10.0 Å². The Bertz CT molecular complexity index is 687. The van der Waals surface area contributed by atoms with E-state index in [1.807, 2.05) is 0 Å². The van der Waals surface area contributed by atoms with Gasteiger partial charge in [0.1, 0.15) is 18.2 Å². The Hall–Kier alpha value is -2.25. The molecule has 0 aromatic heterocycles. The normalized spacial score (nSPS) is 11.1. The highest BCUT2D eigenvalue weighted by molar-refractivity contribution is 7.92. The maximum absolute atomic E-state index is 12.1. The van der Waals surface area contributed by atoms with Gasteiger partial charge in [-0.05, 0) is 24.3 Å². The first-order valence-corrected chi connectivity index (χ1v) is 7.25. The van der Waals surface area contributed by atoms with Crippen molar-refractivity contribution in [2.24, 2.45) is 5.73 Å². The Morgan fingerprint density at radius 1 is 1.15 bits per heavy atom. The van der Waals surface area contributed by atoms with E-state index in [9.17, 15) is 13.5 Å². The number of aromatic hydroxyl groups is 1. The summed E-state index contributed by atoms with van der Waals surface area (Å²) in [5.41, 5.74) is 5.28. The second kappa shape index (κ2) is 5.81. The number of phenols is 1. The number of sulfonamides is 1. The molecule has 0 fully saturated rings. The molecule has 2 aromatic carbocycles. The summed E-state index contributed by atoms with van der Waals surface area (Å²) in [6.45, 7) is -0.0332. The van der Waals surface area contributed by atoms with Gasteiger partial charge >= 0.3 is 0 Å². The van der Waals surface area contributed by atoms with Gasteiger partial charge in [0.25, 0.3) is 10.0 Å². The van der Waals surface area contributed by atoms with Gasteiger partial charge in [-0.25, -0.2) is 8.42 Å². The molecule has 0 aliphatic rings. The van der Waals surface area contributed by atoms with Gasteiger partial charge in [0.2, 0.25) is 0 Å². The maximum Gasteiger partial charge on any atom is 0.262 e. The Morgan fingerprint density at radius 3 is 2.45 bits per heavy atom. The number of nitrogens with two attached hydrogens (primary N) is 1. The van der Waals surface area contributed by atoms with E-state index in [-0.39, 0.29) is 23.1 Å². The first-order valence-electron chi connectivity index (χ1n) is 5.76. The molecule has 0 saturated carbocycles. The molecule has 0 heterocycles. The van der Waals surface area contributed by atoms with Crippen LogP contribution in [0.25, 0.3) is 0 Å². The zero-order chi connectivity index (χ0) is 14.6. The molecular formula is C13H14N2O4S. The second-order valence-electron chi connectivity index (χ2n) is 3.91. The van der Waals surface area contributed by atoms with Gasteiger partial charge in [0.15, 0.2) is 0 Å². The van der Waals surface area contributed by atoms with Crippen molar-refractivity contribution in [1.82, 2.24) is 0 Å². The van der Waals surface area contributed by atoms with Crippen LogP contribution in [0.2, 0.25) is 0 Å². The summed E-state index contributed by atoms with van der Waals surface area (Å²) in [4.78, 5) is 0.113. The fraction of sp³-hybridized carbons (Fsp3) is 0.0769. The van der Waals surface area contributed by atoms with E-state index in [0.29, 0.717) is 5.75 Å². The molecule has 106 valence electrons. The van der Waals surface area contributed by atoms with Gasteiger partial charge in [-0.3, -0.25) is 10.5 Å². The van der Waals surface area contributed by atoms with Crippen LogP contribution in [0.1, 0.15) is 0 Å². The highest BCUT2D eigenvalue weighted by Gasteiger charge is 2.15. The third kappa shape index (κ3) is 3.19. The zero-order valence-electron chi connectivity index (χ0n) is 10.5. The number of hydrogen-bond donors (Lipinski definition) is 3. The molecule has 0 atom stereocenters. The summed E-state index contributed by atoms with van der Waals surface area (Å²) in [6.07, 6.45) is 0. The van der Waals surface area contributed by atoms with E-state index in [1.165, 1.54) is 30.3 Å². The Kier molecular flexibility index (Phi) is 4.11. The fourth-order valence-electron chi connectivity index (χ4n) is 1.59. The number of hydrogen-bond acceptors (Lipinski definition) is 5. The number of benzene rings is 2.